The second-order valence-corrected chi connectivity index (χ2v) is 7.30. The average Bonchev–Trinajstić information content (AvgIpc) is 3.29. The largest absolute Gasteiger partial charge is 0.383 e. The molecule has 2 amide bonds. The molecule has 3 heterocycles. The molecule has 0 aliphatic heterocycles. The molecule has 9 nitrogen and oxygen atoms in total. The minimum absolute atomic E-state index is 0.0305. The Labute approximate surface area is 186 Å². The standard InChI is InChI=1S/C21H17ClFN7O2/c22-16-4-2-1-3-12(16)10-30(11-14-6-5-13(23)7-25-14)21(32)20(31)28-17-9-26-19(24)15-8-27-29-18(15)17/h1-9H,10-11H2,(H2,24,26)(H,27,29)(H,28,31). The predicted molar refractivity (Wildman–Crippen MR) is 117 cm³/mol. The van der Waals surface area contributed by atoms with Crippen LogP contribution in [0.2, 0.25) is 5.02 Å². The second-order valence-electron chi connectivity index (χ2n) is 6.89. The number of halogens is 2. The summed E-state index contributed by atoms with van der Waals surface area (Å²) in [6.07, 6.45) is 3.85. The Bertz CT molecular complexity index is 1290. The molecule has 0 unspecified atom stereocenters. The molecule has 11 heteroatoms. The first kappa shape index (κ1) is 21.2. The molecule has 0 fully saturated rings. The number of aromatic nitrogens is 4. The lowest BCUT2D eigenvalue weighted by Gasteiger charge is -2.22. The number of nitrogen functional groups attached to an aromatic ring is 1. The van der Waals surface area contributed by atoms with Crippen LogP contribution < -0.4 is 11.1 Å². The summed E-state index contributed by atoms with van der Waals surface area (Å²) in [7, 11) is 0. The fourth-order valence-electron chi connectivity index (χ4n) is 3.10. The van der Waals surface area contributed by atoms with E-state index in [0.717, 1.165) is 6.20 Å². The maximum absolute atomic E-state index is 13.2. The van der Waals surface area contributed by atoms with Crippen LogP contribution in [0, 0.1) is 5.82 Å². The van der Waals surface area contributed by atoms with Crippen molar-refractivity contribution in [1.29, 1.82) is 0 Å². The summed E-state index contributed by atoms with van der Waals surface area (Å²) < 4.78 is 13.2. The number of fused-ring (bicyclic) bond motifs is 1. The van der Waals surface area contributed by atoms with Crippen molar-refractivity contribution in [1.82, 2.24) is 25.1 Å². The molecule has 0 saturated heterocycles. The van der Waals surface area contributed by atoms with Gasteiger partial charge in [-0.25, -0.2) is 9.37 Å². The highest BCUT2D eigenvalue weighted by Gasteiger charge is 2.25. The maximum atomic E-state index is 13.2. The van der Waals surface area contributed by atoms with Crippen LogP contribution in [-0.4, -0.2) is 36.9 Å². The van der Waals surface area contributed by atoms with Gasteiger partial charge in [-0.2, -0.15) is 5.10 Å². The monoisotopic (exact) mass is 453 g/mol. The van der Waals surface area contributed by atoms with Gasteiger partial charge in [-0.3, -0.25) is 19.7 Å². The highest BCUT2D eigenvalue weighted by atomic mass is 35.5. The van der Waals surface area contributed by atoms with E-state index in [4.69, 9.17) is 17.3 Å². The summed E-state index contributed by atoms with van der Waals surface area (Å²) >= 11 is 6.24. The van der Waals surface area contributed by atoms with Crippen LogP contribution in [0.1, 0.15) is 11.3 Å². The number of benzene rings is 1. The van der Waals surface area contributed by atoms with E-state index in [2.05, 4.69) is 25.5 Å². The Kier molecular flexibility index (Phi) is 5.95. The smallest absolute Gasteiger partial charge is 0.314 e. The third kappa shape index (κ3) is 4.49. The van der Waals surface area contributed by atoms with E-state index in [9.17, 15) is 14.0 Å². The van der Waals surface area contributed by atoms with Gasteiger partial charge < -0.3 is 16.0 Å². The minimum atomic E-state index is -0.901. The van der Waals surface area contributed by atoms with Crippen molar-refractivity contribution in [2.24, 2.45) is 0 Å². The van der Waals surface area contributed by atoms with Crippen molar-refractivity contribution in [3.63, 3.8) is 0 Å². The van der Waals surface area contributed by atoms with Gasteiger partial charge in [0.25, 0.3) is 0 Å². The first-order valence-electron chi connectivity index (χ1n) is 9.44. The highest BCUT2D eigenvalue weighted by molar-refractivity contribution is 6.40. The zero-order chi connectivity index (χ0) is 22.7. The lowest BCUT2D eigenvalue weighted by molar-refractivity contribution is -0.144. The summed E-state index contributed by atoms with van der Waals surface area (Å²) in [6.45, 7) is 0.0155. The zero-order valence-corrected chi connectivity index (χ0v) is 17.3. The van der Waals surface area contributed by atoms with Crippen LogP contribution in [0.15, 0.2) is 55.0 Å². The van der Waals surface area contributed by atoms with Gasteiger partial charge in [0.15, 0.2) is 0 Å². The SMILES string of the molecule is Nc1ncc(NC(=O)C(=O)N(Cc2ccc(F)cn2)Cc2ccccc2Cl)c2[nH]ncc12. The molecule has 0 radical (unpaired) electrons. The number of aromatic amines is 1. The molecule has 4 rings (SSSR count). The van der Waals surface area contributed by atoms with Gasteiger partial charge in [-0.15, -0.1) is 0 Å². The molecule has 0 spiro atoms. The number of pyridine rings is 2. The van der Waals surface area contributed by atoms with Crippen LogP contribution in [0.3, 0.4) is 0 Å². The number of hydrogen-bond donors (Lipinski definition) is 3. The highest BCUT2D eigenvalue weighted by Crippen LogP contribution is 2.24. The lowest BCUT2D eigenvalue weighted by atomic mass is 10.2. The first-order chi connectivity index (χ1) is 15.4. The molecule has 4 N–H and O–H groups in total. The van der Waals surface area contributed by atoms with E-state index in [0.29, 0.717) is 27.2 Å². The fourth-order valence-corrected chi connectivity index (χ4v) is 3.29. The molecule has 0 aliphatic rings. The molecule has 1 aromatic carbocycles. The Morgan fingerprint density at radius 1 is 1.09 bits per heavy atom. The van der Waals surface area contributed by atoms with Crippen molar-refractivity contribution >= 4 is 45.8 Å². The Balaban J connectivity index is 1.59. The fraction of sp³-hybridized carbons (Fsp3) is 0.0952. The lowest BCUT2D eigenvalue weighted by Crippen LogP contribution is -2.39. The maximum Gasteiger partial charge on any atom is 0.314 e. The summed E-state index contributed by atoms with van der Waals surface area (Å²) in [5.41, 5.74) is 7.54. The quantitative estimate of drug-likeness (QED) is 0.398. The molecule has 4 aromatic rings. The number of hydrogen-bond acceptors (Lipinski definition) is 6. The molecule has 3 aromatic heterocycles. The summed E-state index contributed by atoms with van der Waals surface area (Å²) in [4.78, 5) is 35.1. The molecular formula is C21H17ClFN7O2. The van der Waals surface area contributed by atoms with Crippen LogP contribution >= 0.6 is 11.6 Å². The van der Waals surface area contributed by atoms with Crippen molar-refractivity contribution in [3.05, 3.63) is 77.1 Å². The van der Waals surface area contributed by atoms with E-state index >= 15 is 0 Å². The molecule has 32 heavy (non-hydrogen) atoms. The average molecular weight is 454 g/mol. The van der Waals surface area contributed by atoms with E-state index in [1.807, 2.05) is 0 Å². The number of rotatable bonds is 5. The van der Waals surface area contributed by atoms with E-state index in [1.54, 1.807) is 24.3 Å². The molecule has 0 aliphatic carbocycles. The number of anilines is 2. The van der Waals surface area contributed by atoms with E-state index in [-0.39, 0.29) is 24.6 Å². The predicted octanol–water partition coefficient (Wildman–Crippen LogP) is 2.90. The minimum Gasteiger partial charge on any atom is -0.383 e. The number of nitrogens with one attached hydrogen (secondary N) is 2. The van der Waals surface area contributed by atoms with E-state index in [1.165, 1.54) is 29.4 Å². The van der Waals surface area contributed by atoms with Crippen molar-refractivity contribution in [3.8, 4) is 0 Å². The first-order valence-corrected chi connectivity index (χ1v) is 9.82. The summed E-state index contributed by atoms with van der Waals surface area (Å²) in [5.74, 6) is -2.00. The molecule has 0 atom stereocenters. The number of nitrogens with two attached hydrogens (primary N) is 1. The number of carbonyl (C=O) groups excluding carboxylic acids is 2. The van der Waals surface area contributed by atoms with Crippen LogP contribution in [-0.2, 0) is 22.7 Å². The van der Waals surface area contributed by atoms with Gasteiger partial charge in [0, 0.05) is 11.6 Å². The molecule has 0 bridgehead atoms. The van der Waals surface area contributed by atoms with Gasteiger partial charge in [-0.1, -0.05) is 29.8 Å². The number of nitrogens with zero attached hydrogens (tertiary/aromatic N) is 4. The third-order valence-electron chi connectivity index (χ3n) is 4.71. The topological polar surface area (TPSA) is 130 Å². The number of H-pyrrole nitrogens is 1. The summed E-state index contributed by atoms with van der Waals surface area (Å²) in [6, 6.07) is 9.64. The Morgan fingerprint density at radius 3 is 2.66 bits per heavy atom. The van der Waals surface area contributed by atoms with Crippen LogP contribution in [0.5, 0.6) is 0 Å². The van der Waals surface area contributed by atoms with Crippen molar-refractivity contribution in [2.45, 2.75) is 13.1 Å². The van der Waals surface area contributed by atoms with Gasteiger partial charge in [-0.05, 0) is 23.8 Å². The number of carbonyl (C=O) groups is 2. The molecular weight excluding hydrogens is 437 g/mol. The molecule has 0 saturated carbocycles. The normalized spacial score (nSPS) is 10.8. The van der Waals surface area contributed by atoms with E-state index < -0.39 is 17.6 Å². The second kappa shape index (κ2) is 8.98. The van der Waals surface area contributed by atoms with Gasteiger partial charge in [0.05, 0.1) is 47.4 Å². The summed E-state index contributed by atoms with van der Waals surface area (Å²) in [5, 5.41) is 10.1. The van der Waals surface area contributed by atoms with Crippen LogP contribution in [0.4, 0.5) is 15.9 Å². The van der Waals surface area contributed by atoms with Crippen LogP contribution in [0.25, 0.3) is 10.9 Å². The van der Waals surface area contributed by atoms with Gasteiger partial charge in [0.2, 0.25) is 0 Å². The molecule has 162 valence electrons. The van der Waals surface area contributed by atoms with Crippen molar-refractivity contribution < 1.29 is 14.0 Å². The Hall–Kier alpha value is -4.05. The van der Waals surface area contributed by atoms with Gasteiger partial charge >= 0.3 is 11.8 Å². The Morgan fingerprint density at radius 2 is 1.91 bits per heavy atom. The van der Waals surface area contributed by atoms with Crippen molar-refractivity contribution in [2.75, 3.05) is 11.1 Å². The zero-order valence-electron chi connectivity index (χ0n) is 16.5. The number of amides is 2. The van der Waals surface area contributed by atoms with Gasteiger partial charge in [0.1, 0.15) is 11.6 Å². The third-order valence-corrected chi connectivity index (χ3v) is 5.08.